The summed E-state index contributed by atoms with van der Waals surface area (Å²) < 4.78 is 7.26. The topological polar surface area (TPSA) is 57.7 Å². The Morgan fingerprint density at radius 1 is 1.12 bits per heavy atom. The van der Waals surface area contributed by atoms with Gasteiger partial charge in [0.2, 0.25) is 0 Å². The first-order chi connectivity index (χ1) is 16.5. The predicted octanol–water partition coefficient (Wildman–Crippen LogP) is 6.23. The maximum atomic E-state index is 13.2. The molecule has 1 aromatic heterocycles. The molecule has 1 saturated heterocycles. The molecule has 2 amide bonds. The molecule has 5 rings (SSSR count). The molecule has 34 heavy (non-hydrogen) atoms. The van der Waals surface area contributed by atoms with Crippen molar-refractivity contribution in [3.05, 3.63) is 69.9 Å². The van der Waals surface area contributed by atoms with Crippen molar-refractivity contribution in [1.82, 2.24) is 9.88 Å². The van der Waals surface area contributed by atoms with E-state index in [0.717, 1.165) is 65.0 Å². The third-order valence-corrected chi connectivity index (χ3v) is 7.38. The number of amides is 2. The number of halogens is 2. The van der Waals surface area contributed by atoms with E-state index in [0.29, 0.717) is 17.3 Å². The van der Waals surface area contributed by atoms with Crippen molar-refractivity contribution in [2.75, 3.05) is 36.9 Å². The van der Waals surface area contributed by atoms with Gasteiger partial charge in [0.1, 0.15) is 11.9 Å². The van der Waals surface area contributed by atoms with Crippen LogP contribution in [0.1, 0.15) is 18.4 Å². The number of piperidine rings is 1. The lowest BCUT2D eigenvalue weighted by atomic mass is 10.1. The average Bonchev–Trinajstić information content (AvgIpc) is 3.24. The Morgan fingerprint density at radius 3 is 2.62 bits per heavy atom. The molecule has 0 atom stereocenters. The predicted molar refractivity (Wildman–Crippen MR) is 140 cm³/mol. The van der Waals surface area contributed by atoms with E-state index >= 15 is 0 Å². The third-order valence-electron chi connectivity index (χ3n) is 6.44. The van der Waals surface area contributed by atoms with Gasteiger partial charge >= 0.3 is 6.03 Å². The van der Waals surface area contributed by atoms with E-state index in [4.69, 9.17) is 16.3 Å². The summed E-state index contributed by atoms with van der Waals surface area (Å²) >= 11 is 10.2. The molecule has 176 valence electrons. The van der Waals surface area contributed by atoms with Crippen LogP contribution in [0.15, 0.2) is 59.3 Å². The largest absolute Gasteiger partial charge is 0.489 e. The van der Waals surface area contributed by atoms with Crippen LogP contribution in [-0.2, 0) is 6.42 Å². The molecule has 8 heteroatoms. The first-order valence-electron chi connectivity index (χ1n) is 11.4. The Labute approximate surface area is 213 Å². The maximum absolute atomic E-state index is 13.2. The quantitative estimate of drug-likeness (QED) is 0.425. The van der Waals surface area contributed by atoms with Gasteiger partial charge in [0.15, 0.2) is 0 Å². The van der Waals surface area contributed by atoms with Gasteiger partial charge in [-0.05, 0) is 83.7 Å². The molecule has 3 aromatic rings. The number of hydrogen-bond donors (Lipinski definition) is 1. The smallest absolute Gasteiger partial charge is 0.326 e. The molecule has 2 aliphatic heterocycles. The number of carbonyl (C=O) groups excluding carboxylic acids is 1. The SMILES string of the molecule is CN1CCC(Oc2cc3c(cc2Br)CCN3C(=O)Nc2ccc(-c3ccncc3)c(Cl)c2)CC1. The van der Waals surface area contributed by atoms with E-state index in [2.05, 4.69) is 44.2 Å². The molecule has 0 bridgehead atoms. The maximum Gasteiger partial charge on any atom is 0.326 e. The molecule has 1 N–H and O–H groups in total. The van der Waals surface area contributed by atoms with Gasteiger partial charge in [-0.25, -0.2) is 4.79 Å². The van der Waals surface area contributed by atoms with Crippen molar-refractivity contribution >= 4 is 44.9 Å². The molecule has 2 aromatic carbocycles. The first kappa shape index (κ1) is 23.1. The van der Waals surface area contributed by atoms with Gasteiger partial charge in [0, 0.05) is 49.3 Å². The Morgan fingerprint density at radius 2 is 1.88 bits per heavy atom. The van der Waals surface area contributed by atoms with Crippen molar-refractivity contribution in [3.63, 3.8) is 0 Å². The van der Waals surface area contributed by atoms with Gasteiger partial charge in [-0.15, -0.1) is 0 Å². The highest BCUT2D eigenvalue weighted by atomic mass is 79.9. The number of benzene rings is 2. The minimum absolute atomic E-state index is 0.181. The molecule has 0 aliphatic carbocycles. The summed E-state index contributed by atoms with van der Waals surface area (Å²) in [5, 5.41) is 3.57. The molecule has 0 saturated carbocycles. The Balaban J connectivity index is 1.31. The van der Waals surface area contributed by atoms with Crippen LogP contribution in [0.4, 0.5) is 16.2 Å². The Hall–Kier alpha value is -2.61. The number of urea groups is 1. The van der Waals surface area contributed by atoms with Crippen LogP contribution in [0.2, 0.25) is 5.02 Å². The highest BCUT2D eigenvalue weighted by Gasteiger charge is 2.28. The molecule has 3 heterocycles. The lowest BCUT2D eigenvalue weighted by Gasteiger charge is -2.30. The second-order valence-corrected chi connectivity index (χ2v) is 10.1. The lowest BCUT2D eigenvalue weighted by molar-refractivity contribution is 0.113. The van der Waals surface area contributed by atoms with Crippen LogP contribution in [-0.4, -0.2) is 48.7 Å². The normalized spacial score (nSPS) is 16.4. The van der Waals surface area contributed by atoms with Crippen LogP contribution in [0.5, 0.6) is 5.75 Å². The van der Waals surface area contributed by atoms with Gasteiger partial charge in [-0.2, -0.15) is 0 Å². The van der Waals surface area contributed by atoms with Gasteiger partial charge in [0.25, 0.3) is 0 Å². The zero-order valence-corrected chi connectivity index (χ0v) is 21.3. The summed E-state index contributed by atoms with van der Waals surface area (Å²) in [6.45, 7) is 2.68. The minimum atomic E-state index is -0.181. The summed E-state index contributed by atoms with van der Waals surface area (Å²) in [4.78, 5) is 21.3. The molecule has 0 unspecified atom stereocenters. The van der Waals surface area contributed by atoms with Crippen molar-refractivity contribution in [1.29, 1.82) is 0 Å². The number of hydrogen-bond acceptors (Lipinski definition) is 4. The van der Waals surface area contributed by atoms with E-state index in [1.807, 2.05) is 30.3 Å². The number of rotatable bonds is 4. The highest BCUT2D eigenvalue weighted by molar-refractivity contribution is 9.10. The monoisotopic (exact) mass is 540 g/mol. The molecular formula is C26H26BrClN4O2. The number of pyridine rings is 1. The second kappa shape index (κ2) is 9.94. The number of aromatic nitrogens is 1. The van der Waals surface area contributed by atoms with Crippen LogP contribution in [0.3, 0.4) is 0 Å². The van der Waals surface area contributed by atoms with Crippen LogP contribution >= 0.6 is 27.5 Å². The van der Waals surface area contributed by atoms with Crippen molar-refractivity contribution in [2.45, 2.75) is 25.4 Å². The lowest BCUT2D eigenvalue weighted by Crippen LogP contribution is -2.35. The number of fused-ring (bicyclic) bond motifs is 1. The molecule has 2 aliphatic rings. The third kappa shape index (κ3) is 4.92. The zero-order chi connectivity index (χ0) is 23.7. The highest BCUT2D eigenvalue weighted by Crippen LogP contribution is 2.39. The van der Waals surface area contributed by atoms with E-state index in [9.17, 15) is 4.79 Å². The standard InChI is InChI=1S/C26H26BrClN4O2/c1-31-11-7-20(8-12-31)34-25-16-24-18(14-22(25)27)6-13-32(24)26(33)30-19-2-3-21(23(28)15-19)17-4-9-29-10-5-17/h2-5,9-10,14-16,20H,6-8,11-13H2,1H3,(H,30,33). The number of nitrogens with one attached hydrogen (secondary N) is 1. The van der Waals surface area contributed by atoms with E-state index < -0.39 is 0 Å². The van der Waals surface area contributed by atoms with Crippen molar-refractivity contribution in [2.24, 2.45) is 0 Å². The number of carbonyl (C=O) groups is 1. The van der Waals surface area contributed by atoms with Gasteiger partial charge in [0.05, 0.1) is 15.2 Å². The van der Waals surface area contributed by atoms with Crippen molar-refractivity contribution in [3.8, 4) is 16.9 Å². The fourth-order valence-corrected chi connectivity index (χ4v) is 5.29. The van der Waals surface area contributed by atoms with Crippen LogP contribution < -0.4 is 15.0 Å². The molecule has 0 radical (unpaired) electrons. The van der Waals surface area contributed by atoms with Gasteiger partial charge < -0.3 is 15.0 Å². The van der Waals surface area contributed by atoms with E-state index in [1.54, 1.807) is 23.4 Å². The van der Waals surface area contributed by atoms with Crippen molar-refractivity contribution < 1.29 is 9.53 Å². The van der Waals surface area contributed by atoms with E-state index in [1.165, 1.54) is 0 Å². The fourth-order valence-electron chi connectivity index (χ4n) is 4.52. The Kier molecular flexibility index (Phi) is 6.77. The van der Waals surface area contributed by atoms with Gasteiger partial charge in [-0.1, -0.05) is 17.7 Å². The number of likely N-dealkylation sites (tertiary alicyclic amines) is 1. The van der Waals surface area contributed by atoms with Crippen LogP contribution in [0, 0.1) is 0 Å². The average molecular weight is 542 g/mol. The minimum Gasteiger partial charge on any atom is -0.489 e. The second-order valence-electron chi connectivity index (χ2n) is 8.79. The zero-order valence-electron chi connectivity index (χ0n) is 18.9. The summed E-state index contributed by atoms with van der Waals surface area (Å²) in [6.07, 6.45) is 6.46. The summed E-state index contributed by atoms with van der Waals surface area (Å²) in [5.41, 5.74) is 4.55. The molecule has 6 nitrogen and oxygen atoms in total. The summed E-state index contributed by atoms with van der Waals surface area (Å²) in [5.74, 6) is 0.790. The molecule has 1 fully saturated rings. The fraction of sp³-hybridized carbons (Fsp3) is 0.308. The summed E-state index contributed by atoms with van der Waals surface area (Å²) in [7, 11) is 2.14. The number of ether oxygens (including phenoxy) is 1. The first-order valence-corrected chi connectivity index (χ1v) is 12.6. The van der Waals surface area contributed by atoms with E-state index in [-0.39, 0.29) is 12.1 Å². The van der Waals surface area contributed by atoms with Crippen LogP contribution in [0.25, 0.3) is 11.1 Å². The number of anilines is 2. The van der Waals surface area contributed by atoms with Gasteiger partial charge in [-0.3, -0.25) is 9.88 Å². The molecule has 0 spiro atoms. The Bertz CT molecular complexity index is 1200. The summed E-state index contributed by atoms with van der Waals surface area (Å²) in [6, 6.07) is 13.3. The molecular weight excluding hydrogens is 516 g/mol. The number of nitrogens with zero attached hydrogens (tertiary/aromatic N) is 3.